The molecule has 1 aliphatic rings. The van der Waals surface area contributed by atoms with Crippen LogP contribution in [-0.2, 0) is 4.74 Å². The second-order valence-electron chi connectivity index (χ2n) is 4.61. The molecule has 1 amide bonds. The molecule has 1 aromatic rings. The number of aliphatic hydroxyl groups is 4. The van der Waals surface area contributed by atoms with Crippen LogP contribution in [0.5, 0.6) is 0 Å². The Morgan fingerprint density at radius 3 is 2.60 bits per heavy atom. The number of aliphatic hydroxyl groups excluding tert-OH is 4. The summed E-state index contributed by atoms with van der Waals surface area (Å²) in [5.74, 6) is -0.371. The van der Waals surface area contributed by atoms with Crippen molar-refractivity contribution in [2.24, 2.45) is 0 Å². The zero-order chi connectivity index (χ0) is 14.9. The molecule has 5 atom stereocenters. The third kappa shape index (κ3) is 2.71. The summed E-state index contributed by atoms with van der Waals surface area (Å²) in [6, 6.07) is 3.35. The predicted molar refractivity (Wildman–Crippen MR) is 70.2 cm³/mol. The van der Waals surface area contributed by atoms with Gasteiger partial charge in [0.15, 0.2) is 6.23 Å². The van der Waals surface area contributed by atoms with Crippen LogP contribution >= 0.6 is 11.3 Å². The fraction of sp³-hybridized carbons (Fsp3) is 0.583. The highest BCUT2D eigenvalue weighted by atomic mass is 32.1. The number of hydrogen-bond donors (Lipinski definition) is 4. The van der Waals surface area contributed by atoms with E-state index >= 15 is 0 Å². The SMILES string of the molecule is CN(C(=O)c1cccs1)[C@@H]1O[C@H](CO)[C@@H](O)[C@H](O)[C@H]1O. The van der Waals surface area contributed by atoms with Gasteiger partial charge in [0, 0.05) is 7.05 Å². The van der Waals surface area contributed by atoms with Crippen molar-refractivity contribution < 1.29 is 30.0 Å². The summed E-state index contributed by atoms with van der Waals surface area (Å²) < 4.78 is 5.31. The van der Waals surface area contributed by atoms with Crippen molar-refractivity contribution >= 4 is 17.2 Å². The maximum atomic E-state index is 12.2. The highest BCUT2D eigenvalue weighted by Crippen LogP contribution is 2.24. The molecule has 20 heavy (non-hydrogen) atoms. The molecule has 4 N–H and O–H groups in total. The summed E-state index contributed by atoms with van der Waals surface area (Å²) in [6.45, 7) is -0.525. The molecule has 0 aromatic carbocycles. The van der Waals surface area contributed by atoms with Gasteiger partial charge < -0.3 is 30.1 Å². The van der Waals surface area contributed by atoms with Crippen LogP contribution in [0.4, 0.5) is 0 Å². The smallest absolute Gasteiger partial charge is 0.265 e. The first-order chi connectivity index (χ1) is 9.47. The van der Waals surface area contributed by atoms with Gasteiger partial charge in [-0.25, -0.2) is 0 Å². The molecular weight excluding hydrogens is 286 g/mol. The van der Waals surface area contributed by atoms with E-state index in [1.807, 2.05) is 0 Å². The predicted octanol–water partition coefficient (Wildman–Crippen LogP) is -1.38. The zero-order valence-electron chi connectivity index (χ0n) is 10.8. The van der Waals surface area contributed by atoms with E-state index in [4.69, 9.17) is 9.84 Å². The van der Waals surface area contributed by atoms with E-state index in [1.54, 1.807) is 17.5 Å². The third-order valence-corrected chi connectivity index (χ3v) is 4.16. The van der Waals surface area contributed by atoms with Gasteiger partial charge in [-0.1, -0.05) is 6.07 Å². The first kappa shape index (κ1) is 15.4. The van der Waals surface area contributed by atoms with Gasteiger partial charge >= 0.3 is 0 Å². The minimum Gasteiger partial charge on any atom is -0.394 e. The van der Waals surface area contributed by atoms with Gasteiger partial charge in [-0.15, -0.1) is 11.3 Å². The largest absolute Gasteiger partial charge is 0.394 e. The summed E-state index contributed by atoms with van der Waals surface area (Å²) in [6.07, 6.45) is -6.56. The van der Waals surface area contributed by atoms with E-state index in [2.05, 4.69) is 0 Å². The van der Waals surface area contributed by atoms with E-state index in [1.165, 1.54) is 18.4 Å². The monoisotopic (exact) mass is 303 g/mol. The van der Waals surface area contributed by atoms with Crippen molar-refractivity contribution in [3.05, 3.63) is 22.4 Å². The van der Waals surface area contributed by atoms with Gasteiger partial charge in [0.2, 0.25) is 0 Å². The first-order valence-corrected chi connectivity index (χ1v) is 6.96. The van der Waals surface area contributed by atoms with Gasteiger partial charge in [-0.05, 0) is 11.4 Å². The van der Waals surface area contributed by atoms with E-state index < -0.39 is 37.3 Å². The van der Waals surface area contributed by atoms with Crippen LogP contribution in [0.1, 0.15) is 9.67 Å². The fourth-order valence-electron chi connectivity index (χ4n) is 2.09. The van der Waals surface area contributed by atoms with Crippen LogP contribution in [0.2, 0.25) is 0 Å². The van der Waals surface area contributed by atoms with Crippen molar-refractivity contribution in [2.45, 2.75) is 30.6 Å². The molecule has 2 rings (SSSR count). The zero-order valence-corrected chi connectivity index (χ0v) is 11.6. The van der Waals surface area contributed by atoms with E-state index in [-0.39, 0.29) is 5.91 Å². The summed E-state index contributed by atoms with van der Waals surface area (Å²) in [7, 11) is 1.43. The molecule has 0 bridgehead atoms. The maximum absolute atomic E-state index is 12.2. The Bertz CT molecular complexity index is 451. The summed E-state index contributed by atoms with van der Waals surface area (Å²) >= 11 is 1.24. The lowest BCUT2D eigenvalue weighted by Gasteiger charge is -2.43. The van der Waals surface area contributed by atoms with Gasteiger partial charge in [0.25, 0.3) is 5.91 Å². The summed E-state index contributed by atoms with van der Waals surface area (Å²) in [5.41, 5.74) is 0. The molecular formula is C12H17NO6S. The van der Waals surface area contributed by atoms with Gasteiger partial charge in [0.05, 0.1) is 11.5 Å². The van der Waals surface area contributed by atoms with Crippen molar-refractivity contribution in [1.29, 1.82) is 0 Å². The number of ether oxygens (including phenoxy) is 1. The summed E-state index contributed by atoms with van der Waals surface area (Å²) in [5, 5.41) is 40.2. The number of carbonyl (C=O) groups excluding carboxylic acids is 1. The molecule has 0 unspecified atom stereocenters. The molecule has 0 saturated carbocycles. The Morgan fingerprint density at radius 2 is 2.05 bits per heavy atom. The van der Waals surface area contributed by atoms with Gasteiger partial charge in [-0.2, -0.15) is 0 Å². The Morgan fingerprint density at radius 1 is 1.35 bits per heavy atom. The van der Waals surface area contributed by atoms with Crippen molar-refractivity contribution in [2.75, 3.05) is 13.7 Å². The van der Waals surface area contributed by atoms with E-state index in [0.717, 1.165) is 4.90 Å². The quantitative estimate of drug-likeness (QED) is 0.548. The van der Waals surface area contributed by atoms with Crippen LogP contribution in [0, 0.1) is 0 Å². The average Bonchev–Trinajstić information content (AvgIpc) is 2.98. The first-order valence-electron chi connectivity index (χ1n) is 6.08. The van der Waals surface area contributed by atoms with Gasteiger partial charge in [0.1, 0.15) is 24.4 Å². The molecule has 7 nitrogen and oxygen atoms in total. The van der Waals surface area contributed by atoms with Gasteiger partial charge in [-0.3, -0.25) is 4.79 Å². The molecule has 1 saturated heterocycles. The highest BCUT2D eigenvalue weighted by molar-refractivity contribution is 7.12. The number of amides is 1. The topological polar surface area (TPSA) is 110 Å². The standard InChI is InChI=1S/C12H17NO6S/c1-13(11(18)7-3-2-4-20-7)12-10(17)9(16)8(15)6(5-14)19-12/h2-4,6,8-10,12,14-17H,5H2,1H3/t6-,8-,9+,10-,12-/m1/s1. The third-order valence-electron chi connectivity index (χ3n) is 3.30. The number of likely N-dealkylation sites (N-methyl/N-ethyl adjacent to an activating group) is 1. The van der Waals surface area contributed by atoms with Crippen molar-refractivity contribution in [3.8, 4) is 0 Å². The Kier molecular flexibility index (Phi) is 4.74. The number of nitrogens with zero attached hydrogens (tertiary/aromatic N) is 1. The lowest BCUT2D eigenvalue weighted by molar-refractivity contribution is -0.254. The minimum absolute atomic E-state index is 0.371. The second-order valence-corrected chi connectivity index (χ2v) is 5.56. The lowest BCUT2D eigenvalue weighted by atomic mass is 9.98. The molecule has 0 aliphatic carbocycles. The molecule has 1 fully saturated rings. The molecule has 1 aromatic heterocycles. The Hall–Kier alpha value is -1.03. The molecule has 112 valence electrons. The van der Waals surface area contributed by atoms with Crippen LogP contribution in [0.3, 0.4) is 0 Å². The Balaban J connectivity index is 2.16. The lowest BCUT2D eigenvalue weighted by Crippen LogP contribution is -2.63. The van der Waals surface area contributed by atoms with Crippen LogP contribution in [0.25, 0.3) is 0 Å². The number of hydrogen-bond acceptors (Lipinski definition) is 7. The second kappa shape index (κ2) is 6.17. The van der Waals surface area contributed by atoms with Crippen molar-refractivity contribution in [1.82, 2.24) is 4.90 Å². The van der Waals surface area contributed by atoms with Crippen LogP contribution < -0.4 is 0 Å². The number of carbonyl (C=O) groups is 1. The number of rotatable bonds is 3. The normalized spacial score (nSPS) is 34.0. The average molecular weight is 303 g/mol. The number of thiophene rings is 1. The molecule has 1 aliphatic heterocycles. The fourth-order valence-corrected chi connectivity index (χ4v) is 2.80. The van der Waals surface area contributed by atoms with Crippen LogP contribution in [-0.4, -0.2) is 75.5 Å². The minimum atomic E-state index is -1.50. The van der Waals surface area contributed by atoms with Crippen molar-refractivity contribution in [3.63, 3.8) is 0 Å². The van der Waals surface area contributed by atoms with E-state index in [9.17, 15) is 20.1 Å². The highest BCUT2D eigenvalue weighted by Gasteiger charge is 2.46. The molecule has 0 spiro atoms. The Labute approximate surface area is 119 Å². The molecule has 8 heteroatoms. The molecule has 0 radical (unpaired) electrons. The summed E-state index contributed by atoms with van der Waals surface area (Å²) in [4.78, 5) is 13.8. The molecule has 2 heterocycles. The maximum Gasteiger partial charge on any atom is 0.265 e. The van der Waals surface area contributed by atoms with E-state index in [0.29, 0.717) is 4.88 Å². The van der Waals surface area contributed by atoms with Crippen LogP contribution in [0.15, 0.2) is 17.5 Å².